The molecule has 7 nitrogen and oxygen atoms in total. The minimum atomic E-state index is -0.586. The number of methoxy groups -OCH3 is 2. The largest absolute Gasteiger partial charge is 0.497 e. The highest BCUT2D eigenvalue weighted by Gasteiger charge is 2.39. The summed E-state index contributed by atoms with van der Waals surface area (Å²) < 4.78 is 16.1. The number of carbonyl (C=O) groups is 1. The van der Waals surface area contributed by atoms with Crippen molar-refractivity contribution in [2.75, 3.05) is 39.3 Å². The molecule has 1 fully saturated rings. The Kier molecular flexibility index (Phi) is 5.75. The van der Waals surface area contributed by atoms with Crippen LogP contribution in [0.1, 0.15) is 12.8 Å². The summed E-state index contributed by atoms with van der Waals surface area (Å²) in [6.45, 7) is 1.40. The summed E-state index contributed by atoms with van der Waals surface area (Å²) in [5.41, 5.74) is 6.84. The molecule has 0 aliphatic carbocycles. The maximum Gasteiger partial charge on any atom is 0.233 e. The number of nitrogens with two attached hydrogens (primary N) is 1. The van der Waals surface area contributed by atoms with Crippen LogP contribution in [0, 0.1) is 5.41 Å². The number of aromatic nitrogens is 1. The van der Waals surface area contributed by atoms with Crippen molar-refractivity contribution in [1.82, 2.24) is 4.98 Å². The Balaban J connectivity index is 1.81. The highest BCUT2D eigenvalue weighted by atomic mass is 32.1. The number of ether oxygens (including phenoxy) is 3. The van der Waals surface area contributed by atoms with E-state index in [0.29, 0.717) is 49.2 Å². The van der Waals surface area contributed by atoms with Crippen LogP contribution in [0.25, 0.3) is 11.3 Å². The normalized spacial score (nSPS) is 16.1. The van der Waals surface area contributed by atoms with Crippen molar-refractivity contribution in [3.8, 4) is 22.8 Å². The van der Waals surface area contributed by atoms with E-state index in [1.165, 1.54) is 11.3 Å². The number of hydrogen-bond donors (Lipinski definition) is 2. The van der Waals surface area contributed by atoms with Gasteiger partial charge in [-0.1, -0.05) is 0 Å². The van der Waals surface area contributed by atoms with Crippen LogP contribution in [-0.4, -0.2) is 44.9 Å². The lowest BCUT2D eigenvalue weighted by Gasteiger charge is -2.34. The van der Waals surface area contributed by atoms with E-state index in [2.05, 4.69) is 10.3 Å². The number of carbonyl (C=O) groups excluding carboxylic acids is 1. The maximum atomic E-state index is 12.8. The van der Waals surface area contributed by atoms with Crippen molar-refractivity contribution in [2.24, 2.45) is 11.1 Å². The Hall–Kier alpha value is -2.16. The fourth-order valence-corrected chi connectivity index (χ4v) is 3.69. The van der Waals surface area contributed by atoms with Crippen molar-refractivity contribution in [3.63, 3.8) is 0 Å². The molecule has 1 amide bonds. The van der Waals surface area contributed by atoms with Crippen LogP contribution in [-0.2, 0) is 9.53 Å². The first-order valence-corrected chi connectivity index (χ1v) is 9.27. The summed E-state index contributed by atoms with van der Waals surface area (Å²) >= 11 is 1.37. The topological polar surface area (TPSA) is 95.7 Å². The molecule has 0 saturated carbocycles. The van der Waals surface area contributed by atoms with Crippen LogP contribution in [0.5, 0.6) is 11.5 Å². The van der Waals surface area contributed by atoms with Gasteiger partial charge in [0.15, 0.2) is 5.13 Å². The van der Waals surface area contributed by atoms with Gasteiger partial charge in [0.05, 0.1) is 25.3 Å². The van der Waals surface area contributed by atoms with Crippen LogP contribution in [0.2, 0.25) is 0 Å². The first-order chi connectivity index (χ1) is 12.6. The fourth-order valence-electron chi connectivity index (χ4n) is 2.98. The zero-order chi connectivity index (χ0) is 18.6. The Morgan fingerprint density at radius 3 is 2.77 bits per heavy atom. The zero-order valence-corrected chi connectivity index (χ0v) is 15.7. The van der Waals surface area contributed by atoms with E-state index in [1.54, 1.807) is 14.2 Å². The highest BCUT2D eigenvalue weighted by molar-refractivity contribution is 7.14. The smallest absolute Gasteiger partial charge is 0.233 e. The van der Waals surface area contributed by atoms with Crippen LogP contribution in [0.4, 0.5) is 5.13 Å². The molecule has 140 valence electrons. The molecular weight excluding hydrogens is 354 g/mol. The number of amides is 1. The van der Waals surface area contributed by atoms with Gasteiger partial charge in [0.25, 0.3) is 0 Å². The third-order valence-corrected chi connectivity index (χ3v) is 5.49. The number of nitrogens with zero attached hydrogens (tertiary/aromatic N) is 1. The lowest BCUT2D eigenvalue weighted by atomic mass is 9.79. The number of nitrogens with one attached hydrogen (secondary N) is 1. The quantitative estimate of drug-likeness (QED) is 0.803. The van der Waals surface area contributed by atoms with Gasteiger partial charge in [0.1, 0.15) is 11.5 Å². The second-order valence-electron chi connectivity index (χ2n) is 6.16. The first kappa shape index (κ1) is 18.6. The zero-order valence-electron chi connectivity index (χ0n) is 14.9. The number of rotatable bonds is 6. The molecular formula is C18H23N3O4S. The number of thiazole rings is 1. The molecule has 0 unspecified atom stereocenters. The maximum absolute atomic E-state index is 12.8. The Morgan fingerprint density at radius 1 is 1.35 bits per heavy atom. The third-order valence-electron chi connectivity index (χ3n) is 4.73. The minimum absolute atomic E-state index is 0.0955. The first-order valence-electron chi connectivity index (χ1n) is 8.39. The van der Waals surface area contributed by atoms with Gasteiger partial charge >= 0.3 is 0 Å². The number of anilines is 1. The van der Waals surface area contributed by atoms with E-state index in [0.717, 1.165) is 11.3 Å². The van der Waals surface area contributed by atoms with Crippen molar-refractivity contribution in [2.45, 2.75) is 12.8 Å². The Bertz CT molecular complexity index is 772. The average molecular weight is 377 g/mol. The van der Waals surface area contributed by atoms with Gasteiger partial charge < -0.3 is 25.3 Å². The highest BCUT2D eigenvalue weighted by Crippen LogP contribution is 2.36. The third kappa shape index (κ3) is 3.67. The molecule has 1 aromatic heterocycles. The SMILES string of the molecule is COc1ccc(OC)c(-c2csc(NC(=O)C3(CN)CCOCC3)n2)c1. The molecule has 0 atom stereocenters. The molecule has 0 radical (unpaired) electrons. The van der Waals surface area contributed by atoms with E-state index in [9.17, 15) is 4.79 Å². The molecule has 1 saturated heterocycles. The van der Waals surface area contributed by atoms with Crippen LogP contribution >= 0.6 is 11.3 Å². The fraction of sp³-hybridized carbons (Fsp3) is 0.444. The number of benzene rings is 1. The molecule has 0 spiro atoms. The summed E-state index contributed by atoms with van der Waals surface area (Å²) in [5.74, 6) is 1.31. The second-order valence-corrected chi connectivity index (χ2v) is 7.01. The summed E-state index contributed by atoms with van der Waals surface area (Å²) in [5, 5.41) is 5.34. The minimum Gasteiger partial charge on any atom is -0.497 e. The average Bonchev–Trinajstić information content (AvgIpc) is 3.16. The van der Waals surface area contributed by atoms with Gasteiger partial charge in [-0.05, 0) is 31.0 Å². The summed E-state index contributed by atoms with van der Waals surface area (Å²) in [7, 11) is 3.22. The molecule has 2 heterocycles. The van der Waals surface area contributed by atoms with Crippen molar-refractivity contribution < 1.29 is 19.0 Å². The molecule has 8 heteroatoms. The lowest BCUT2D eigenvalue weighted by molar-refractivity contribution is -0.130. The van der Waals surface area contributed by atoms with E-state index < -0.39 is 5.41 Å². The molecule has 1 aliphatic heterocycles. The van der Waals surface area contributed by atoms with E-state index in [1.807, 2.05) is 23.6 Å². The van der Waals surface area contributed by atoms with Crippen LogP contribution < -0.4 is 20.5 Å². The van der Waals surface area contributed by atoms with E-state index >= 15 is 0 Å². The lowest BCUT2D eigenvalue weighted by Crippen LogP contribution is -2.46. The van der Waals surface area contributed by atoms with Crippen molar-refractivity contribution >= 4 is 22.4 Å². The van der Waals surface area contributed by atoms with Gasteiger partial charge in [-0.2, -0.15) is 0 Å². The molecule has 2 aromatic rings. The van der Waals surface area contributed by atoms with Crippen molar-refractivity contribution in [3.05, 3.63) is 23.6 Å². The summed E-state index contributed by atoms with van der Waals surface area (Å²) in [6, 6.07) is 5.52. The Labute approximate surface area is 156 Å². The predicted molar refractivity (Wildman–Crippen MR) is 101 cm³/mol. The number of hydrogen-bond acceptors (Lipinski definition) is 7. The predicted octanol–water partition coefficient (Wildman–Crippen LogP) is 2.52. The Morgan fingerprint density at radius 2 is 2.12 bits per heavy atom. The molecule has 26 heavy (non-hydrogen) atoms. The van der Waals surface area contributed by atoms with E-state index in [-0.39, 0.29) is 5.91 Å². The van der Waals surface area contributed by atoms with Gasteiger partial charge in [-0.3, -0.25) is 4.79 Å². The molecule has 1 aromatic carbocycles. The van der Waals surface area contributed by atoms with Gasteiger partial charge in [0, 0.05) is 30.7 Å². The van der Waals surface area contributed by atoms with Gasteiger partial charge in [-0.25, -0.2) is 4.98 Å². The van der Waals surface area contributed by atoms with Gasteiger partial charge in [0.2, 0.25) is 5.91 Å². The van der Waals surface area contributed by atoms with Crippen LogP contribution in [0.3, 0.4) is 0 Å². The monoisotopic (exact) mass is 377 g/mol. The second kappa shape index (κ2) is 8.03. The summed E-state index contributed by atoms with van der Waals surface area (Å²) in [6.07, 6.45) is 1.24. The molecule has 3 N–H and O–H groups in total. The standard InChI is InChI=1S/C18H23N3O4S/c1-23-12-3-4-15(24-2)13(9-12)14-10-26-17(20-14)21-16(22)18(11-19)5-7-25-8-6-18/h3-4,9-10H,5-8,11,19H2,1-2H3,(H,20,21,22). The van der Waals surface area contributed by atoms with Crippen LogP contribution in [0.15, 0.2) is 23.6 Å². The van der Waals surface area contributed by atoms with Crippen molar-refractivity contribution in [1.29, 1.82) is 0 Å². The molecule has 1 aliphatic rings. The van der Waals surface area contributed by atoms with E-state index in [4.69, 9.17) is 19.9 Å². The molecule has 0 bridgehead atoms. The molecule has 3 rings (SSSR count). The van der Waals surface area contributed by atoms with Gasteiger partial charge in [-0.15, -0.1) is 11.3 Å². The summed E-state index contributed by atoms with van der Waals surface area (Å²) in [4.78, 5) is 17.3.